The molecule has 3 aromatic rings. The Bertz CT molecular complexity index is 1540. The molecule has 1 N–H and O–H groups in total. The van der Waals surface area contributed by atoms with E-state index in [1.54, 1.807) is 58.9 Å². The van der Waals surface area contributed by atoms with Crippen molar-refractivity contribution in [2.24, 2.45) is 5.92 Å². The van der Waals surface area contributed by atoms with Crippen molar-refractivity contribution in [2.45, 2.75) is 57.7 Å². The van der Waals surface area contributed by atoms with Gasteiger partial charge in [0.1, 0.15) is 0 Å². The summed E-state index contributed by atoms with van der Waals surface area (Å²) in [5.41, 5.74) is 2.41. The lowest BCUT2D eigenvalue weighted by Gasteiger charge is -2.62. The normalized spacial score (nSPS) is 22.8. The number of halogens is 2. The van der Waals surface area contributed by atoms with E-state index in [0.29, 0.717) is 50.5 Å². The number of benzene rings is 2. The van der Waals surface area contributed by atoms with Crippen molar-refractivity contribution in [1.82, 2.24) is 14.5 Å². The number of nitrogens with one attached hydrogen (secondary N) is 1. The maximum Gasteiger partial charge on any atom is 0.338 e. The summed E-state index contributed by atoms with van der Waals surface area (Å²) in [6.07, 6.45) is 3.53. The molecule has 0 radical (unpaired) electrons. The molecule has 1 amide bonds. The van der Waals surface area contributed by atoms with Gasteiger partial charge >= 0.3 is 5.97 Å². The van der Waals surface area contributed by atoms with Crippen LogP contribution in [0.2, 0.25) is 10.0 Å². The zero-order valence-electron chi connectivity index (χ0n) is 21.7. The van der Waals surface area contributed by atoms with Gasteiger partial charge in [0.2, 0.25) is 5.95 Å². The minimum absolute atomic E-state index is 0.0392. The van der Waals surface area contributed by atoms with Crippen LogP contribution in [0.1, 0.15) is 65.1 Å². The van der Waals surface area contributed by atoms with Gasteiger partial charge < -0.3 is 15.0 Å². The number of hydrogen-bond donors (Lipinski definition) is 1. The Morgan fingerprint density at radius 3 is 2.38 bits per heavy atom. The van der Waals surface area contributed by atoms with Crippen molar-refractivity contribution in [3.05, 3.63) is 85.2 Å². The summed E-state index contributed by atoms with van der Waals surface area (Å²) in [4.78, 5) is 46.2. The van der Waals surface area contributed by atoms with Crippen LogP contribution in [0.15, 0.2) is 47.3 Å². The van der Waals surface area contributed by atoms with Crippen molar-refractivity contribution >= 4 is 41.0 Å². The Balaban J connectivity index is 1.38. The molecule has 1 atom stereocenters. The highest BCUT2D eigenvalue weighted by molar-refractivity contribution is 6.42. The summed E-state index contributed by atoms with van der Waals surface area (Å²) in [5, 5.41) is 4.26. The molecule has 2 bridgehead atoms. The fourth-order valence-corrected chi connectivity index (χ4v) is 6.18. The predicted molar refractivity (Wildman–Crippen MR) is 149 cm³/mol. The average Bonchev–Trinajstić information content (AvgIpc) is 2.87. The molecule has 0 spiro atoms. The second-order valence-corrected chi connectivity index (χ2v) is 11.6. The van der Waals surface area contributed by atoms with Crippen molar-refractivity contribution in [1.29, 1.82) is 0 Å². The summed E-state index contributed by atoms with van der Waals surface area (Å²) in [6.45, 7) is 4.17. The Morgan fingerprint density at radius 1 is 1.08 bits per heavy atom. The van der Waals surface area contributed by atoms with E-state index in [9.17, 15) is 14.4 Å². The first kappa shape index (κ1) is 25.9. The molecule has 2 heterocycles. The zero-order chi connectivity index (χ0) is 27.5. The van der Waals surface area contributed by atoms with Crippen LogP contribution >= 0.6 is 23.2 Å². The molecular formula is C29H28Cl2N4O4. The van der Waals surface area contributed by atoms with Crippen LogP contribution in [0.3, 0.4) is 0 Å². The van der Waals surface area contributed by atoms with Gasteiger partial charge in [0.05, 0.1) is 40.1 Å². The lowest BCUT2D eigenvalue weighted by molar-refractivity contribution is 0.00120. The Kier molecular flexibility index (Phi) is 6.43. The maximum atomic E-state index is 14.0. The molecule has 39 heavy (non-hydrogen) atoms. The van der Waals surface area contributed by atoms with Gasteiger partial charge in [0.15, 0.2) is 0 Å². The molecule has 3 saturated carbocycles. The highest BCUT2D eigenvalue weighted by Crippen LogP contribution is 2.58. The molecule has 8 nitrogen and oxygen atoms in total. The second kappa shape index (κ2) is 9.68. The number of ether oxygens (including phenoxy) is 1. The zero-order valence-corrected chi connectivity index (χ0v) is 23.2. The fourth-order valence-electron chi connectivity index (χ4n) is 5.88. The van der Waals surface area contributed by atoms with Crippen molar-refractivity contribution in [3.63, 3.8) is 0 Å². The monoisotopic (exact) mass is 566 g/mol. The van der Waals surface area contributed by atoms with Crippen LogP contribution in [0.5, 0.6) is 0 Å². The first-order chi connectivity index (χ1) is 18.7. The first-order valence-electron chi connectivity index (χ1n) is 13.1. The molecule has 202 valence electrons. The number of carbonyl (C=O) groups is 2. The SMILES string of the molecule is CCOC(=O)c1ccc(-n2c(NC34CC(C3)C4)nc3c(c2=O)C[C@@H](C)N(C(=O)c2ccc(Cl)c(Cl)c2)C3)cc1. The van der Waals surface area contributed by atoms with Crippen LogP contribution in [0.4, 0.5) is 5.95 Å². The van der Waals surface area contributed by atoms with E-state index in [2.05, 4.69) is 5.32 Å². The Labute approximate surface area is 235 Å². The van der Waals surface area contributed by atoms with E-state index in [4.69, 9.17) is 32.9 Å². The summed E-state index contributed by atoms with van der Waals surface area (Å²) in [7, 11) is 0. The summed E-state index contributed by atoms with van der Waals surface area (Å²) in [5.74, 6) is 0.588. The lowest BCUT2D eigenvalue weighted by Crippen LogP contribution is -2.63. The van der Waals surface area contributed by atoms with Crippen molar-refractivity contribution < 1.29 is 14.3 Å². The van der Waals surface area contributed by atoms with Gasteiger partial charge in [0, 0.05) is 22.7 Å². The van der Waals surface area contributed by atoms with Crippen molar-refractivity contribution in [3.8, 4) is 5.69 Å². The minimum Gasteiger partial charge on any atom is -0.462 e. The fraction of sp³-hybridized carbons (Fsp3) is 0.379. The van der Waals surface area contributed by atoms with Gasteiger partial charge in [-0.25, -0.2) is 14.3 Å². The quantitative estimate of drug-likeness (QED) is 0.408. The number of hydrogen-bond acceptors (Lipinski definition) is 6. The highest BCUT2D eigenvalue weighted by atomic mass is 35.5. The van der Waals surface area contributed by atoms with E-state index in [-0.39, 0.29) is 36.2 Å². The van der Waals surface area contributed by atoms with E-state index in [1.807, 2.05) is 6.92 Å². The van der Waals surface area contributed by atoms with Crippen LogP contribution in [-0.4, -0.2) is 44.5 Å². The summed E-state index contributed by atoms with van der Waals surface area (Å²) >= 11 is 12.2. The number of nitrogens with zero attached hydrogens (tertiary/aromatic N) is 3. The minimum atomic E-state index is -0.410. The molecule has 0 unspecified atom stereocenters. The first-order valence-corrected chi connectivity index (χ1v) is 13.9. The van der Waals surface area contributed by atoms with E-state index < -0.39 is 5.97 Å². The van der Waals surface area contributed by atoms with Crippen LogP contribution in [-0.2, 0) is 17.7 Å². The Hall–Kier alpha value is -3.36. The number of amides is 1. The molecule has 1 aromatic heterocycles. The third kappa shape index (κ3) is 4.49. The molecule has 3 fully saturated rings. The topological polar surface area (TPSA) is 93.5 Å². The van der Waals surface area contributed by atoms with Gasteiger partial charge in [-0.15, -0.1) is 0 Å². The number of anilines is 1. The predicted octanol–water partition coefficient (Wildman–Crippen LogP) is 5.27. The van der Waals surface area contributed by atoms with Gasteiger partial charge in [-0.3, -0.25) is 9.59 Å². The number of carbonyl (C=O) groups excluding carboxylic acids is 2. The smallest absolute Gasteiger partial charge is 0.338 e. The molecule has 2 aromatic carbocycles. The van der Waals surface area contributed by atoms with Gasteiger partial charge in [-0.1, -0.05) is 23.2 Å². The number of esters is 1. The lowest BCUT2D eigenvalue weighted by atomic mass is 9.50. The standard InChI is InChI=1S/C29H28Cl2N4O4/c1-3-39-27(38)18-4-7-20(8-5-18)35-26(37)21-10-16(2)34(25(36)19-6-9-22(30)23(31)11-19)15-24(21)32-28(35)33-29-12-17(13-29)14-29/h4-9,11,16-17H,3,10,12-15H2,1-2H3,(H,32,33)/t16-,17?,29?/m1/s1. The van der Waals surface area contributed by atoms with Crippen molar-refractivity contribution in [2.75, 3.05) is 11.9 Å². The molecule has 0 saturated heterocycles. The average molecular weight is 567 g/mol. The third-order valence-corrected chi connectivity index (χ3v) is 8.83. The largest absolute Gasteiger partial charge is 0.462 e. The van der Waals surface area contributed by atoms with E-state index in [1.165, 1.54) is 0 Å². The molecule has 7 rings (SSSR count). The van der Waals surface area contributed by atoms with Crippen LogP contribution < -0.4 is 10.9 Å². The number of rotatable bonds is 6. The molecule has 3 aliphatic carbocycles. The third-order valence-electron chi connectivity index (χ3n) is 8.09. The summed E-state index contributed by atoms with van der Waals surface area (Å²) < 4.78 is 6.69. The van der Waals surface area contributed by atoms with Gasteiger partial charge in [-0.05, 0) is 87.9 Å². The molecule has 1 aliphatic heterocycles. The highest BCUT2D eigenvalue weighted by Gasteiger charge is 2.57. The second-order valence-electron chi connectivity index (χ2n) is 10.8. The molecule has 4 aliphatic rings. The van der Waals surface area contributed by atoms with Crippen LogP contribution in [0.25, 0.3) is 5.69 Å². The van der Waals surface area contributed by atoms with E-state index in [0.717, 1.165) is 25.2 Å². The molecular weight excluding hydrogens is 539 g/mol. The number of fused-ring (bicyclic) bond motifs is 1. The van der Waals surface area contributed by atoms with E-state index >= 15 is 0 Å². The maximum absolute atomic E-state index is 14.0. The Morgan fingerprint density at radius 2 is 1.77 bits per heavy atom. The van der Waals surface area contributed by atoms with Gasteiger partial charge in [0.25, 0.3) is 11.5 Å². The number of aromatic nitrogens is 2. The van der Waals surface area contributed by atoms with Gasteiger partial charge in [-0.2, -0.15) is 0 Å². The summed E-state index contributed by atoms with van der Waals surface area (Å²) in [6, 6.07) is 11.4. The van der Waals surface area contributed by atoms with Crippen LogP contribution in [0, 0.1) is 5.92 Å². The molecule has 10 heteroatoms.